The van der Waals surface area contributed by atoms with Crippen molar-refractivity contribution in [2.75, 3.05) is 0 Å². The van der Waals surface area contributed by atoms with Gasteiger partial charge in [-0.05, 0) is 19.3 Å². The zero-order chi connectivity index (χ0) is 19.0. The third-order valence-electron chi connectivity index (χ3n) is 3.22. The quantitative estimate of drug-likeness (QED) is 0.293. The topological polar surface area (TPSA) is 149 Å². The second-order valence-electron chi connectivity index (χ2n) is 5.43. The Bertz CT molecular complexity index is 362. The van der Waals surface area contributed by atoms with Gasteiger partial charge in [0.05, 0.1) is 0 Å². The summed E-state index contributed by atoms with van der Waals surface area (Å²) in [6.07, 6.45) is 6.02. The smallest absolute Gasteiger partial charge is 0.317 e. The zero-order valence-corrected chi connectivity index (χ0v) is 14.1. The number of aliphatic carboxylic acids is 4. The van der Waals surface area contributed by atoms with Crippen LogP contribution in [0.1, 0.15) is 71.1 Å². The molecule has 24 heavy (non-hydrogen) atoms. The molecule has 8 nitrogen and oxygen atoms in total. The van der Waals surface area contributed by atoms with Crippen molar-refractivity contribution >= 4 is 23.9 Å². The van der Waals surface area contributed by atoms with E-state index in [1.807, 2.05) is 6.92 Å². The largest absolute Gasteiger partial charge is 0.481 e. The number of hydrogen-bond donors (Lipinski definition) is 4. The second-order valence-corrected chi connectivity index (χ2v) is 5.43. The monoisotopic (exact) mass is 348 g/mol. The molecule has 4 N–H and O–H groups in total. The van der Waals surface area contributed by atoms with E-state index < -0.39 is 29.8 Å². The van der Waals surface area contributed by atoms with Crippen LogP contribution in [0.2, 0.25) is 0 Å². The highest BCUT2D eigenvalue weighted by atomic mass is 16.4. The molecule has 0 aliphatic rings. The molecular formula is C16H28O8. The number of hydrogen-bond acceptors (Lipinski definition) is 4. The maximum absolute atomic E-state index is 10.4. The molecular weight excluding hydrogens is 320 g/mol. The Hall–Kier alpha value is -2.12. The van der Waals surface area contributed by atoms with Gasteiger partial charge >= 0.3 is 23.9 Å². The Kier molecular flexibility index (Phi) is 15.9. The summed E-state index contributed by atoms with van der Waals surface area (Å²) in [5.74, 6) is -5.33. The lowest BCUT2D eigenvalue weighted by Gasteiger charge is -2.05. The first-order valence-corrected chi connectivity index (χ1v) is 8.11. The fourth-order valence-corrected chi connectivity index (χ4v) is 1.86. The molecule has 140 valence electrons. The summed E-state index contributed by atoms with van der Waals surface area (Å²) in [5.41, 5.74) is 0. The number of carboxylic acid groups (broad SMARTS) is 4. The molecule has 0 aromatic rings. The van der Waals surface area contributed by atoms with Crippen LogP contribution in [0.5, 0.6) is 0 Å². The lowest BCUT2D eigenvalue weighted by atomic mass is 10.0. The highest BCUT2D eigenvalue weighted by Crippen LogP contribution is 2.11. The Balaban J connectivity index is 0. The van der Waals surface area contributed by atoms with E-state index in [1.165, 1.54) is 0 Å². The van der Waals surface area contributed by atoms with E-state index in [-0.39, 0.29) is 19.3 Å². The van der Waals surface area contributed by atoms with Crippen molar-refractivity contribution in [3.8, 4) is 0 Å². The van der Waals surface area contributed by atoms with Crippen LogP contribution in [-0.4, -0.2) is 44.3 Å². The van der Waals surface area contributed by atoms with E-state index in [9.17, 15) is 19.2 Å². The predicted molar refractivity (Wildman–Crippen MR) is 85.9 cm³/mol. The summed E-state index contributed by atoms with van der Waals surface area (Å²) in [4.78, 5) is 40.8. The van der Waals surface area contributed by atoms with Crippen molar-refractivity contribution in [2.24, 2.45) is 5.92 Å². The minimum absolute atomic E-state index is 0.139. The van der Waals surface area contributed by atoms with Gasteiger partial charge < -0.3 is 20.4 Å². The van der Waals surface area contributed by atoms with E-state index in [0.29, 0.717) is 25.7 Å². The van der Waals surface area contributed by atoms with Crippen LogP contribution in [-0.2, 0) is 19.2 Å². The molecule has 0 aliphatic heterocycles. The predicted octanol–water partition coefficient (Wildman–Crippen LogP) is 2.85. The standard InChI is InChI=1S/C9H16O4.C7H12O4/c1-2-3-4-5-6-7(8(10)11)9(12)13;8-6(9)4-2-1-3-5-7(10)11/h7H,2-6H2,1H3,(H,10,11)(H,12,13);1-5H2,(H,8,9)(H,10,11). The van der Waals surface area contributed by atoms with Crippen molar-refractivity contribution < 1.29 is 39.6 Å². The van der Waals surface area contributed by atoms with Gasteiger partial charge in [-0.1, -0.05) is 39.0 Å². The van der Waals surface area contributed by atoms with Crippen LogP contribution in [0.4, 0.5) is 0 Å². The molecule has 8 heteroatoms. The second kappa shape index (κ2) is 15.8. The van der Waals surface area contributed by atoms with Crippen molar-refractivity contribution in [3.05, 3.63) is 0 Å². The number of carboxylic acids is 4. The van der Waals surface area contributed by atoms with E-state index >= 15 is 0 Å². The molecule has 0 spiro atoms. The fourth-order valence-electron chi connectivity index (χ4n) is 1.86. The summed E-state index contributed by atoms with van der Waals surface area (Å²) in [5, 5.41) is 33.5. The van der Waals surface area contributed by atoms with Crippen LogP contribution in [0.25, 0.3) is 0 Å². The SMILES string of the molecule is CCCCCCC(C(=O)O)C(=O)O.O=C(O)CCCCCC(=O)O. The molecule has 0 radical (unpaired) electrons. The van der Waals surface area contributed by atoms with Gasteiger partial charge in [0.25, 0.3) is 0 Å². The van der Waals surface area contributed by atoms with E-state index in [0.717, 1.165) is 19.3 Å². The Labute approximate surface area is 141 Å². The molecule has 0 heterocycles. The Morgan fingerprint density at radius 2 is 1.08 bits per heavy atom. The summed E-state index contributed by atoms with van der Waals surface area (Å²) >= 11 is 0. The minimum atomic E-state index is -1.23. The molecule has 0 amide bonds. The molecule has 0 bridgehead atoms. The highest BCUT2D eigenvalue weighted by Gasteiger charge is 2.24. The van der Waals surface area contributed by atoms with Crippen LogP contribution in [0.15, 0.2) is 0 Å². The Morgan fingerprint density at radius 3 is 1.42 bits per heavy atom. The molecule has 0 saturated carbocycles. The van der Waals surface area contributed by atoms with E-state index in [4.69, 9.17) is 20.4 Å². The van der Waals surface area contributed by atoms with Gasteiger partial charge in [0.15, 0.2) is 5.92 Å². The van der Waals surface area contributed by atoms with Crippen molar-refractivity contribution in [1.82, 2.24) is 0 Å². The number of carbonyl (C=O) groups is 4. The van der Waals surface area contributed by atoms with Crippen LogP contribution >= 0.6 is 0 Å². The summed E-state index contributed by atoms with van der Waals surface area (Å²) in [6, 6.07) is 0. The third kappa shape index (κ3) is 17.9. The molecule has 0 saturated heterocycles. The maximum atomic E-state index is 10.4. The van der Waals surface area contributed by atoms with Gasteiger partial charge in [-0.3, -0.25) is 19.2 Å². The van der Waals surface area contributed by atoms with Crippen LogP contribution in [0, 0.1) is 5.92 Å². The lowest BCUT2D eigenvalue weighted by molar-refractivity contribution is -0.155. The molecule has 0 aliphatic carbocycles. The molecule has 0 atom stereocenters. The molecule has 0 aromatic carbocycles. The van der Waals surface area contributed by atoms with Gasteiger partial charge in [-0.15, -0.1) is 0 Å². The Morgan fingerprint density at radius 1 is 0.667 bits per heavy atom. The van der Waals surface area contributed by atoms with E-state index in [1.54, 1.807) is 0 Å². The van der Waals surface area contributed by atoms with Crippen molar-refractivity contribution in [2.45, 2.75) is 71.1 Å². The van der Waals surface area contributed by atoms with Gasteiger partial charge in [-0.2, -0.15) is 0 Å². The minimum Gasteiger partial charge on any atom is -0.481 e. The van der Waals surface area contributed by atoms with Crippen LogP contribution < -0.4 is 0 Å². The van der Waals surface area contributed by atoms with Gasteiger partial charge in [0.2, 0.25) is 0 Å². The maximum Gasteiger partial charge on any atom is 0.317 e. The third-order valence-corrected chi connectivity index (χ3v) is 3.22. The van der Waals surface area contributed by atoms with Crippen LogP contribution in [0.3, 0.4) is 0 Å². The average Bonchev–Trinajstić information content (AvgIpc) is 2.46. The van der Waals surface area contributed by atoms with Gasteiger partial charge in [0.1, 0.15) is 0 Å². The van der Waals surface area contributed by atoms with Crippen molar-refractivity contribution in [3.63, 3.8) is 0 Å². The summed E-state index contributed by atoms with van der Waals surface area (Å²) < 4.78 is 0. The summed E-state index contributed by atoms with van der Waals surface area (Å²) in [6.45, 7) is 2.05. The van der Waals surface area contributed by atoms with Gasteiger partial charge in [0, 0.05) is 12.8 Å². The van der Waals surface area contributed by atoms with E-state index in [2.05, 4.69) is 0 Å². The zero-order valence-electron chi connectivity index (χ0n) is 14.1. The fraction of sp³-hybridized carbons (Fsp3) is 0.750. The lowest BCUT2D eigenvalue weighted by Crippen LogP contribution is -2.23. The van der Waals surface area contributed by atoms with Gasteiger partial charge in [-0.25, -0.2) is 0 Å². The summed E-state index contributed by atoms with van der Waals surface area (Å²) in [7, 11) is 0. The molecule has 0 unspecified atom stereocenters. The molecule has 0 aromatic heterocycles. The first-order chi connectivity index (χ1) is 11.2. The molecule has 0 fully saturated rings. The average molecular weight is 348 g/mol. The number of rotatable bonds is 13. The first-order valence-electron chi connectivity index (χ1n) is 8.11. The normalized spacial score (nSPS) is 9.92. The number of unbranched alkanes of at least 4 members (excludes halogenated alkanes) is 5. The first kappa shape index (κ1) is 24.1. The van der Waals surface area contributed by atoms with Crippen molar-refractivity contribution in [1.29, 1.82) is 0 Å². The molecule has 0 rings (SSSR count). The highest BCUT2D eigenvalue weighted by molar-refractivity contribution is 5.92.